The van der Waals surface area contributed by atoms with Gasteiger partial charge in [-0.3, -0.25) is 14.2 Å². The highest BCUT2D eigenvalue weighted by Crippen LogP contribution is 2.24. The fraction of sp³-hybridized carbons (Fsp3) is 0.214. The number of nitrogens with two attached hydrogens (primary N) is 1. The van der Waals surface area contributed by atoms with Gasteiger partial charge in [0.1, 0.15) is 10.6 Å². The Morgan fingerprint density at radius 3 is 3.05 bits per heavy atom. The topological polar surface area (TPSA) is 91.1 Å². The minimum Gasteiger partial charge on any atom is -0.467 e. The van der Waals surface area contributed by atoms with E-state index in [1.165, 1.54) is 15.9 Å². The highest BCUT2D eigenvalue weighted by atomic mass is 32.2. The number of furan rings is 1. The van der Waals surface area contributed by atoms with Gasteiger partial charge in [-0.1, -0.05) is 11.8 Å². The van der Waals surface area contributed by atoms with Gasteiger partial charge in [-0.05, 0) is 25.1 Å². The van der Waals surface area contributed by atoms with Gasteiger partial charge in [0.05, 0.1) is 23.9 Å². The number of fused-ring (bicyclic) bond motifs is 1. The van der Waals surface area contributed by atoms with Crippen LogP contribution in [0.3, 0.4) is 0 Å². The Morgan fingerprint density at radius 1 is 1.55 bits per heavy atom. The van der Waals surface area contributed by atoms with Crippen LogP contribution in [-0.2, 0) is 11.3 Å². The van der Waals surface area contributed by atoms with E-state index in [1.54, 1.807) is 18.4 Å². The molecule has 8 heteroatoms. The van der Waals surface area contributed by atoms with Gasteiger partial charge in [0.25, 0.3) is 5.56 Å². The first kappa shape index (κ1) is 14.9. The maximum absolute atomic E-state index is 12.7. The quantitative estimate of drug-likeness (QED) is 0.569. The molecule has 0 saturated carbocycles. The van der Waals surface area contributed by atoms with Crippen molar-refractivity contribution in [3.8, 4) is 0 Å². The van der Waals surface area contributed by atoms with Crippen LogP contribution in [0.1, 0.15) is 10.6 Å². The van der Waals surface area contributed by atoms with E-state index in [1.807, 2.05) is 13.0 Å². The molecule has 3 aromatic rings. The molecule has 0 saturated heterocycles. The Labute approximate surface area is 133 Å². The van der Waals surface area contributed by atoms with Crippen LogP contribution in [-0.4, -0.2) is 21.2 Å². The van der Waals surface area contributed by atoms with Crippen LogP contribution in [0.15, 0.2) is 38.8 Å². The van der Waals surface area contributed by atoms with Gasteiger partial charge in [0.2, 0.25) is 5.91 Å². The van der Waals surface area contributed by atoms with Crippen LogP contribution >= 0.6 is 23.1 Å². The van der Waals surface area contributed by atoms with Gasteiger partial charge in [0, 0.05) is 4.88 Å². The molecule has 3 heterocycles. The molecular weight excluding hydrogens is 322 g/mol. The number of rotatable bonds is 5. The molecular formula is C14H13N3O3S2. The average Bonchev–Trinajstić information content (AvgIpc) is 3.09. The molecule has 0 aliphatic heterocycles. The predicted molar refractivity (Wildman–Crippen MR) is 86.3 cm³/mol. The first-order chi connectivity index (χ1) is 10.5. The third kappa shape index (κ3) is 2.93. The molecule has 2 N–H and O–H groups in total. The van der Waals surface area contributed by atoms with Gasteiger partial charge < -0.3 is 10.2 Å². The summed E-state index contributed by atoms with van der Waals surface area (Å²) in [6, 6.07) is 5.38. The highest BCUT2D eigenvalue weighted by molar-refractivity contribution is 7.99. The largest absolute Gasteiger partial charge is 0.467 e. The number of carbonyl (C=O) groups excluding carboxylic acids is 1. The third-order valence-electron chi connectivity index (χ3n) is 2.98. The summed E-state index contributed by atoms with van der Waals surface area (Å²) in [7, 11) is 0. The lowest BCUT2D eigenvalue weighted by Gasteiger charge is -2.09. The number of hydrogen-bond donors (Lipinski definition) is 1. The second kappa shape index (κ2) is 5.98. The van der Waals surface area contributed by atoms with E-state index in [2.05, 4.69) is 4.98 Å². The Kier molecular flexibility index (Phi) is 4.04. The number of thioether (sulfide) groups is 1. The molecule has 1 amide bonds. The van der Waals surface area contributed by atoms with Gasteiger partial charge in [-0.25, -0.2) is 4.98 Å². The summed E-state index contributed by atoms with van der Waals surface area (Å²) in [5.74, 6) is 0.267. The molecule has 114 valence electrons. The van der Waals surface area contributed by atoms with Crippen molar-refractivity contribution in [1.82, 2.24) is 9.55 Å². The van der Waals surface area contributed by atoms with Crippen molar-refractivity contribution in [2.24, 2.45) is 5.73 Å². The average molecular weight is 335 g/mol. The lowest BCUT2D eigenvalue weighted by molar-refractivity contribution is -0.115. The summed E-state index contributed by atoms with van der Waals surface area (Å²) in [5.41, 5.74) is 5.05. The first-order valence-electron chi connectivity index (χ1n) is 6.49. The third-order valence-corrected chi connectivity index (χ3v) is 4.92. The maximum atomic E-state index is 12.7. The first-order valence-corrected chi connectivity index (χ1v) is 8.29. The van der Waals surface area contributed by atoms with Crippen molar-refractivity contribution in [1.29, 1.82) is 0 Å². The van der Waals surface area contributed by atoms with Gasteiger partial charge in [-0.2, -0.15) is 0 Å². The predicted octanol–water partition coefficient (Wildman–Crippen LogP) is 1.99. The zero-order valence-electron chi connectivity index (χ0n) is 11.7. The second-order valence-corrected chi connectivity index (χ2v) is 6.87. The fourth-order valence-electron chi connectivity index (χ4n) is 2.06. The number of thiophene rings is 1. The Hall–Kier alpha value is -2.06. The molecule has 0 aromatic carbocycles. The molecule has 6 nitrogen and oxygen atoms in total. The van der Waals surface area contributed by atoms with E-state index < -0.39 is 5.91 Å². The summed E-state index contributed by atoms with van der Waals surface area (Å²) in [4.78, 5) is 29.9. The normalized spacial score (nSPS) is 11.1. The minimum atomic E-state index is -0.453. The molecule has 0 aliphatic rings. The SMILES string of the molecule is Cc1cc2c(=O)n(Cc3ccco3)c(SCC(N)=O)nc2s1. The zero-order chi connectivity index (χ0) is 15.7. The van der Waals surface area contributed by atoms with Crippen LogP contribution < -0.4 is 11.3 Å². The fourth-order valence-corrected chi connectivity index (χ4v) is 3.72. The minimum absolute atomic E-state index is 0.0699. The summed E-state index contributed by atoms with van der Waals surface area (Å²) in [6.07, 6.45) is 1.55. The van der Waals surface area contributed by atoms with E-state index in [0.717, 1.165) is 16.6 Å². The van der Waals surface area contributed by atoms with Crippen LogP contribution in [0.5, 0.6) is 0 Å². The number of amides is 1. The van der Waals surface area contributed by atoms with Gasteiger partial charge in [0.15, 0.2) is 5.16 Å². The summed E-state index contributed by atoms with van der Waals surface area (Å²) in [5, 5.41) is 1.05. The Balaban J connectivity index is 2.11. The number of aryl methyl sites for hydroxylation is 1. The summed E-state index contributed by atoms with van der Waals surface area (Å²) < 4.78 is 6.82. The summed E-state index contributed by atoms with van der Waals surface area (Å²) in [6.45, 7) is 2.20. The lowest BCUT2D eigenvalue weighted by atomic mass is 10.3. The lowest BCUT2D eigenvalue weighted by Crippen LogP contribution is -2.24. The number of carbonyl (C=O) groups is 1. The molecule has 0 aliphatic carbocycles. The number of hydrogen-bond acceptors (Lipinski definition) is 6. The highest BCUT2D eigenvalue weighted by Gasteiger charge is 2.15. The summed E-state index contributed by atoms with van der Waals surface area (Å²) >= 11 is 2.61. The van der Waals surface area contributed by atoms with Crippen molar-refractivity contribution in [3.63, 3.8) is 0 Å². The van der Waals surface area contributed by atoms with E-state index in [-0.39, 0.29) is 17.9 Å². The molecule has 0 radical (unpaired) electrons. The number of primary amides is 1. The van der Waals surface area contributed by atoms with Gasteiger partial charge >= 0.3 is 0 Å². The monoisotopic (exact) mass is 335 g/mol. The van der Waals surface area contributed by atoms with E-state index in [4.69, 9.17) is 10.2 Å². The molecule has 0 fully saturated rings. The second-order valence-electron chi connectivity index (χ2n) is 4.70. The van der Waals surface area contributed by atoms with E-state index in [0.29, 0.717) is 21.1 Å². The van der Waals surface area contributed by atoms with Crippen molar-refractivity contribution < 1.29 is 9.21 Å². The van der Waals surface area contributed by atoms with E-state index in [9.17, 15) is 9.59 Å². The molecule has 22 heavy (non-hydrogen) atoms. The smallest absolute Gasteiger partial charge is 0.263 e. The number of aromatic nitrogens is 2. The molecule has 0 unspecified atom stereocenters. The molecule has 3 aromatic heterocycles. The van der Waals surface area contributed by atoms with Crippen LogP contribution in [0.4, 0.5) is 0 Å². The molecule has 0 spiro atoms. The van der Waals surface area contributed by atoms with Crippen molar-refractivity contribution in [3.05, 3.63) is 45.5 Å². The molecule has 0 atom stereocenters. The molecule has 0 bridgehead atoms. The van der Waals surface area contributed by atoms with Crippen molar-refractivity contribution >= 4 is 39.2 Å². The standard InChI is InChI=1S/C14H13N3O3S2/c1-8-5-10-12(22-8)16-14(21-7-11(15)18)17(13(10)19)6-9-3-2-4-20-9/h2-5H,6-7H2,1H3,(H2,15,18). The van der Waals surface area contributed by atoms with E-state index >= 15 is 0 Å². The van der Waals surface area contributed by atoms with Crippen molar-refractivity contribution in [2.45, 2.75) is 18.6 Å². The van der Waals surface area contributed by atoms with Crippen molar-refractivity contribution in [2.75, 3.05) is 5.75 Å². The van der Waals surface area contributed by atoms with Crippen LogP contribution in [0, 0.1) is 6.92 Å². The van der Waals surface area contributed by atoms with Gasteiger partial charge in [-0.15, -0.1) is 11.3 Å². The van der Waals surface area contributed by atoms with Crippen LogP contribution in [0.25, 0.3) is 10.2 Å². The maximum Gasteiger partial charge on any atom is 0.263 e. The Bertz CT molecular complexity index is 881. The molecule has 3 rings (SSSR count). The number of nitrogens with zero attached hydrogens (tertiary/aromatic N) is 2. The zero-order valence-corrected chi connectivity index (χ0v) is 13.4. The van der Waals surface area contributed by atoms with Crippen LogP contribution in [0.2, 0.25) is 0 Å². The Morgan fingerprint density at radius 2 is 2.36 bits per heavy atom.